The average Bonchev–Trinajstić information content (AvgIpc) is 2.28. The van der Waals surface area contributed by atoms with Gasteiger partial charge in [0.1, 0.15) is 0 Å². The van der Waals surface area contributed by atoms with Crippen molar-refractivity contribution in [3.63, 3.8) is 0 Å². The molecule has 0 aromatic heterocycles. The second-order valence-electron chi connectivity index (χ2n) is 6.32. The third-order valence-electron chi connectivity index (χ3n) is 3.84. The van der Waals surface area contributed by atoms with Gasteiger partial charge in [-0.3, -0.25) is 0 Å². The lowest BCUT2D eigenvalue weighted by Gasteiger charge is -2.36. The van der Waals surface area contributed by atoms with Crippen LogP contribution in [0.4, 0.5) is 0 Å². The lowest BCUT2D eigenvalue weighted by atomic mass is 10.1. The van der Waals surface area contributed by atoms with Crippen LogP contribution in [0.15, 0.2) is 30.3 Å². The van der Waals surface area contributed by atoms with Gasteiger partial charge in [-0.15, -0.1) is 0 Å². The van der Waals surface area contributed by atoms with Crippen molar-refractivity contribution in [3.05, 3.63) is 35.9 Å². The van der Waals surface area contributed by atoms with E-state index in [2.05, 4.69) is 33.9 Å². The second-order valence-corrected chi connectivity index (χ2v) is 11.1. The molecule has 1 aromatic rings. The zero-order valence-corrected chi connectivity index (χ0v) is 13.2. The molecule has 0 saturated heterocycles. The highest BCUT2D eigenvalue weighted by Crippen LogP contribution is 2.36. The minimum absolute atomic E-state index is 0.227. The number of hydrogen-bond donors (Lipinski definition) is 1. The minimum atomic E-state index is -1.68. The standard InChI is InChI=1S/C15H26O2Si/c1-15(2,3)18(4,5)17-12-11-14(16)13-9-7-6-8-10-13/h6-10,14,16H,11-12H2,1-5H3/t14-/m1/s1. The van der Waals surface area contributed by atoms with E-state index >= 15 is 0 Å². The second kappa shape index (κ2) is 6.00. The predicted octanol–water partition coefficient (Wildman–Crippen LogP) is 4.13. The van der Waals surface area contributed by atoms with Gasteiger partial charge in [0.2, 0.25) is 0 Å². The van der Waals surface area contributed by atoms with E-state index in [4.69, 9.17) is 4.43 Å². The maximum absolute atomic E-state index is 10.1. The first-order valence-electron chi connectivity index (χ1n) is 6.61. The van der Waals surface area contributed by atoms with Gasteiger partial charge in [0, 0.05) is 6.61 Å². The molecule has 1 rings (SSSR count). The van der Waals surface area contributed by atoms with Crippen molar-refractivity contribution in [1.82, 2.24) is 0 Å². The third-order valence-corrected chi connectivity index (χ3v) is 8.38. The lowest BCUT2D eigenvalue weighted by Crippen LogP contribution is -2.41. The molecular formula is C15H26O2Si. The van der Waals surface area contributed by atoms with E-state index < -0.39 is 14.4 Å². The number of rotatable bonds is 5. The molecule has 1 atom stereocenters. The van der Waals surface area contributed by atoms with Gasteiger partial charge >= 0.3 is 0 Å². The summed E-state index contributed by atoms with van der Waals surface area (Å²) in [6.07, 6.45) is 0.243. The molecule has 0 unspecified atom stereocenters. The molecular weight excluding hydrogens is 240 g/mol. The zero-order chi connectivity index (χ0) is 13.8. The number of hydrogen-bond acceptors (Lipinski definition) is 2. The van der Waals surface area contributed by atoms with Crippen molar-refractivity contribution in [2.75, 3.05) is 6.61 Å². The van der Waals surface area contributed by atoms with Crippen LogP contribution in [0.3, 0.4) is 0 Å². The molecule has 0 saturated carbocycles. The highest BCUT2D eigenvalue weighted by atomic mass is 28.4. The summed E-state index contributed by atoms with van der Waals surface area (Å²) in [5.41, 5.74) is 0.969. The molecule has 0 bridgehead atoms. The van der Waals surface area contributed by atoms with Crippen molar-refractivity contribution in [2.45, 2.75) is 51.4 Å². The third kappa shape index (κ3) is 4.23. The lowest BCUT2D eigenvalue weighted by molar-refractivity contribution is 0.136. The topological polar surface area (TPSA) is 29.5 Å². The smallest absolute Gasteiger partial charge is 0.191 e. The Morgan fingerprint density at radius 1 is 1.17 bits per heavy atom. The Bertz CT molecular complexity index is 355. The van der Waals surface area contributed by atoms with Crippen LogP contribution in [-0.2, 0) is 4.43 Å². The van der Waals surface area contributed by atoms with Crippen molar-refractivity contribution in [1.29, 1.82) is 0 Å². The van der Waals surface area contributed by atoms with Crippen LogP contribution in [0.25, 0.3) is 0 Å². The number of benzene rings is 1. The van der Waals surface area contributed by atoms with E-state index in [1.807, 2.05) is 30.3 Å². The fraction of sp³-hybridized carbons (Fsp3) is 0.600. The monoisotopic (exact) mass is 266 g/mol. The van der Waals surface area contributed by atoms with Gasteiger partial charge in [0.25, 0.3) is 0 Å². The Kier molecular flexibility index (Phi) is 5.14. The molecule has 0 radical (unpaired) electrons. The first-order chi connectivity index (χ1) is 8.24. The SMILES string of the molecule is CC(C)(C)[Si](C)(C)OCC[C@@H](O)c1ccccc1. The van der Waals surface area contributed by atoms with Gasteiger partial charge in [-0.2, -0.15) is 0 Å². The fourth-order valence-corrected chi connectivity index (χ4v) is 2.55. The van der Waals surface area contributed by atoms with Crippen LogP contribution < -0.4 is 0 Å². The van der Waals surface area contributed by atoms with E-state index in [-0.39, 0.29) is 5.04 Å². The molecule has 2 nitrogen and oxygen atoms in total. The van der Waals surface area contributed by atoms with Gasteiger partial charge in [0.15, 0.2) is 8.32 Å². The molecule has 1 N–H and O–H groups in total. The van der Waals surface area contributed by atoms with Gasteiger partial charge < -0.3 is 9.53 Å². The molecule has 0 amide bonds. The molecule has 102 valence electrons. The Labute approximate surface area is 112 Å². The Hall–Kier alpha value is -0.643. The summed E-state index contributed by atoms with van der Waals surface area (Å²) in [6.45, 7) is 11.8. The minimum Gasteiger partial charge on any atom is -0.417 e. The summed E-state index contributed by atoms with van der Waals surface area (Å²) in [5.74, 6) is 0. The Morgan fingerprint density at radius 2 is 1.72 bits per heavy atom. The van der Waals surface area contributed by atoms with Crippen molar-refractivity contribution < 1.29 is 9.53 Å². The fourth-order valence-electron chi connectivity index (χ4n) is 1.48. The van der Waals surface area contributed by atoms with Crippen LogP contribution in [0.2, 0.25) is 18.1 Å². The summed E-state index contributed by atoms with van der Waals surface area (Å²) in [5, 5.41) is 10.3. The summed E-state index contributed by atoms with van der Waals surface area (Å²) in [6, 6.07) is 9.77. The summed E-state index contributed by atoms with van der Waals surface area (Å²) < 4.78 is 6.06. The number of aliphatic hydroxyl groups is 1. The van der Waals surface area contributed by atoms with Crippen molar-refractivity contribution in [2.24, 2.45) is 0 Å². The molecule has 0 aliphatic rings. The van der Waals surface area contributed by atoms with Gasteiger partial charge in [-0.1, -0.05) is 51.1 Å². The summed E-state index contributed by atoms with van der Waals surface area (Å²) in [7, 11) is -1.68. The molecule has 0 heterocycles. The first kappa shape index (κ1) is 15.4. The van der Waals surface area contributed by atoms with E-state index in [9.17, 15) is 5.11 Å². The summed E-state index contributed by atoms with van der Waals surface area (Å²) in [4.78, 5) is 0. The van der Waals surface area contributed by atoms with Crippen LogP contribution in [-0.4, -0.2) is 20.0 Å². The highest BCUT2D eigenvalue weighted by Gasteiger charge is 2.36. The van der Waals surface area contributed by atoms with Crippen LogP contribution >= 0.6 is 0 Å². The Morgan fingerprint density at radius 3 is 2.22 bits per heavy atom. The molecule has 0 fully saturated rings. The summed E-state index contributed by atoms with van der Waals surface area (Å²) >= 11 is 0. The molecule has 0 spiro atoms. The normalized spacial score (nSPS) is 14.6. The molecule has 18 heavy (non-hydrogen) atoms. The predicted molar refractivity (Wildman–Crippen MR) is 79.2 cm³/mol. The molecule has 3 heteroatoms. The molecule has 0 aliphatic carbocycles. The van der Waals surface area contributed by atoms with Gasteiger partial charge in [-0.05, 0) is 30.1 Å². The number of aliphatic hydroxyl groups excluding tert-OH is 1. The van der Waals surface area contributed by atoms with Crippen LogP contribution in [0.5, 0.6) is 0 Å². The first-order valence-corrected chi connectivity index (χ1v) is 9.52. The largest absolute Gasteiger partial charge is 0.417 e. The Balaban J connectivity index is 2.43. The maximum atomic E-state index is 10.1. The van der Waals surface area contributed by atoms with Gasteiger partial charge in [0.05, 0.1) is 6.10 Å². The van der Waals surface area contributed by atoms with Crippen molar-refractivity contribution in [3.8, 4) is 0 Å². The highest BCUT2D eigenvalue weighted by molar-refractivity contribution is 6.74. The van der Waals surface area contributed by atoms with E-state index in [0.29, 0.717) is 13.0 Å². The quantitative estimate of drug-likeness (QED) is 0.812. The molecule has 1 aromatic carbocycles. The zero-order valence-electron chi connectivity index (χ0n) is 12.2. The van der Waals surface area contributed by atoms with Gasteiger partial charge in [-0.25, -0.2) is 0 Å². The average molecular weight is 266 g/mol. The van der Waals surface area contributed by atoms with E-state index in [0.717, 1.165) is 5.56 Å². The van der Waals surface area contributed by atoms with Crippen LogP contribution in [0, 0.1) is 0 Å². The molecule has 0 aliphatic heterocycles. The van der Waals surface area contributed by atoms with E-state index in [1.54, 1.807) is 0 Å². The van der Waals surface area contributed by atoms with Crippen LogP contribution in [0.1, 0.15) is 38.9 Å². The van der Waals surface area contributed by atoms with Crippen molar-refractivity contribution >= 4 is 8.32 Å². The van der Waals surface area contributed by atoms with E-state index in [1.165, 1.54) is 0 Å². The maximum Gasteiger partial charge on any atom is 0.191 e.